The highest BCUT2D eigenvalue weighted by atomic mass is 33.1. The zero-order chi connectivity index (χ0) is 6.83. The summed E-state index contributed by atoms with van der Waals surface area (Å²) in [5.74, 6) is 0. The van der Waals surface area contributed by atoms with E-state index >= 15 is 0 Å². The predicted molar refractivity (Wildman–Crippen MR) is 48.0 cm³/mol. The summed E-state index contributed by atoms with van der Waals surface area (Å²) >= 11 is 4.14. The number of rotatable bonds is 1. The van der Waals surface area contributed by atoms with E-state index in [4.69, 9.17) is 0 Å². The molecule has 0 saturated carbocycles. The molecule has 0 spiro atoms. The normalized spacial score (nSPS) is 5.88. The molecule has 0 atom stereocenters. The van der Waals surface area contributed by atoms with Crippen LogP contribution in [0.2, 0.25) is 0 Å². The molecule has 0 amide bonds. The van der Waals surface area contributed by atoms with Crippen molar-refractivity contribution in [3.8, 4) is 0 Å². The van der Waals surface area contributed by atoms with E-state index in [0.29, 0.717) is 0 Å². The topological polar surface area (TPSA) is 12.4 Å². The smallest absolute Gasteiger partial charge is 0.0582 e. The Morgan fingerprint density at radius 1 is 1.38 bits per heavy atom. The Morgan fingerprint density at radius 3 is 1.62 bits per heavy atom. The molecule has 48 valence electrons. The molecule has 0 heterocycles. The van der Waals surface area contributed by atoms with Crippen LogP contribution in [0, 0.1) is 0 Å². The van der Waals surface area contributed by atoms with Crippen molar-refractivity contribution in [2.24, 2.45) is 4.99 Å². The Kier molecular flexibility index (Phi) is 22.1. The second-order valence-electron chi connectivity index (χ2n) is 0.648. The first-order chi connectivity index (χ1) is 3.83. The second kappa shape index (κ2) is 15.6. The zero-order valence-electron chi connectivity index (χ0n) is 5.17. The molecule has 0 aliphatic heterocycles. The molecule has 0 aromatic rings. The van der Waals surface area contributed by atoms with E-state index in [1.165, 1.54) is 0 Å². The van der Waals surface area contributed by atoms with Crippen molar-refractivity contribution in [3.63, 3.8) is 0 Å². The summed E-state index contributed by atoms with van der Waals surface area (Å²) in [5, 5.41) is 2.14. The molecule has 0 rings (SSSR count). The highest BCUT2D eigenvalue weighted by molar-refractivity contribution is 8.76. The molecule has 0 aromatic carbocycles. The fourth-order valence-electron chi connectivity index (χ4n) is 0. The molecule has 0 fully saturated rings. The fourth-order valence-corrected chi connectivity index (χ4v) is 0. The summed E-state index contributed by atoms with van der Waals surface area (Å²) in [5.41, 5.74) is 0. The molecule has 1 nitrogen and oxygen atoms in total. The summed E-state index contributed by atoms with van der Waals surface area (Å²) in [7, 11) is 5.14. The molecule has 0 saturated heterocycles. The van der Waals surface area contributed by atoms with Gasteiger partial charge in [0.15, 0.2) is 0 Å². The van der Waals surface area contributed by atoms with Gasteiger partial charge in [0.1, 0.15) is 0 Å². The maximum atomic E-state index is 4.14. The van der Waals surface area contributed by atoms with Crippen LogP contribution in [-0.4, -0.2) is 24.7 Å². The summed E-state index contributed by atoms with van der Waals surface area (Å²) in [6.45, 7) is 0. The lowest BCUT2D eigenvalue weighted by molar-refractivity contribution is 1.49. The monoisotopic (exact) mass is 167 g/mol. The van der Waals surface area contributed by atoms with Gasteiger partial charge in [-0.25, -0.2) is 4.99 Å². The van der Waals surface area contributed by atoms with Crippen molar-refractivity contribution in [3.05, 3.63) is 0 Å². The summed E-state index contributed by atoms with van der Waals surface area (Å²) in [6, 6.07) is 0. The van der Waals surface area contributed by atoms with Crippen LogP contribution in [0.15, 0.2) is 4.99 Å². The standard InChI is InChI=1S/C2H3NS.C2H6S2/c1-3-2-4;1-3-4-2/h1H3;1-2H3. The van der Waals surface area contributed by atoms with Gasteiger partial charge in [-0.3, -0.25) is 0 Å². The summed E-state index contributed by atoms with van der Waals surface area (Å²) in [6.07, 6.45) is 4.12. The van der Waals surface area contributed by atoms with Crippen LogP contribution < -0.4 is 0 Å². The zero-order valence-corrected chi connectivity index (χ0v) is 7.62. The molecule has 0 bridgehead atoms. The van der Waals surface area contributed by atoms with Crippen molar-refractivity contribution in [1.82, 2.24) is 0 Å². The van der Waals surface area contributed by atoms with E-state index in [1.807, 2.05) is 0 Å². The maximum absolute atomic E-state index is 4.14. The average Bonchev–Trinajstić information content (AvgIpc) is 1.88. The molecule has 8 heavy (non-hydrogen) atoms. The number of aliphatic imine (C=N–C) groups is 1. The molecule has 0 aliphatic rings. The van der Waals surface area contributed by atoms with Gasteiger partial charge in [0, 0.05) is 7.05 Å². The lowest BCUT2D eigenvalue weighted by Crippen LogP contribution is -1.33. The number of hydrogen-bond acceptors (Lipinski definition) is 4. The quantitative estimate of drug-likeness (QED) is 0.338. The van der Waals surface area contributed by atoms with Crippen LogP contribution in [0.25, 0.3) is 0 Å². The summed E-state index contributed by atoms with van der Waals surface area (Å²) < 4.78 is 0. The summed E-state index contributed by atoms with van der Waals surface area (Å²) in [4.78, 5) is 3.30. The first-order valence-corrected chi connectivity index (χ1v) is 5.23. The average molecular weight is 167 g/mol. The van der Waals surface area contributed by atoms with Crippen molar-refractivity contribution in [1.29, 1.82) is 0 Å². The van der Waals surface area contributed by atoms with Crippen molar-refractivity contribution in [2.45, 2.75) is 0 Å². The molecular formula is C4H9NS3. The number of thiocarbonyl (C=S) groups is 1. The third kappa shape index (κ3) is 31.5. The van der Waals surface area contributed by atoms with Gasteiger partial charge in [-0.05, 0) is 24.7 Å². The molecule has 0 aliphatic carbocycles. The Balaban J connectivity index is 0. The Labute approximate surface area is 63.7 Å². The lowest BCUT2D eigenvalue weighted by atomic mass is 11.4. The molecular weight excluding hydrogens is 158 g/mol. The lowest BCUT2D eigenvalue weighted by Gasteiger charge is -1.69. The minimum Gasteiger partial charge on any atom is -0.236 e. The van der Waals surface area contributed by atoms with Crippen molar-refractivity contribution < 1.29 is 0 Å². The Morgan fingerprint density at radius 2 is 1.62 bits per heavy atom. The van der Waals surface area contributed by atoms with Gasteiger partial charge in [0.2, 0.25) is 0 Å². The van der Waals surface area contributed by atoms with Crippen molar-refractivity contribution >= 4 is 39.0 Å². The maximum Gasteiger partial charge on any atom is 0.0582 e. The van der Waals surface area contributed by atoms with Gasteiger partial charge in [0.25, 0.3) is 0 Å². The van der Waals surface area contributed by atoms with Gasteiger partial charge in [-0.15, -0.1) is 0 Å². The van der Waals surface area contributed by atoms with E-state index < -0.39 is 0 Å². The Hall–Kier alpha value is 0.500. The first-order valence-electron chi connectivity index (χ1n) is 1.86. The van der Waals surface area contributed by atoms with Gasteiger partial charge in [-0.2, -0.15) is 0 Å². The number of isothiocyanates is 1. The third-order valence-corrected chi connectivity index (χ3v) is 1.77. The predicted octanol–water partition coefficient (Wildman–Crippen LogP) is 2.35. The second-order valence-corrected chi connectivity index (χ2v) is 3.50. The van der Waals surface area contributed by atoms with Gasteiger partial charge in [-0.1, -0.05) is 21.6 Å². The molecule has 0 aromatic heterocycles. The molecule has 4 heteroatoms. The van der Waals surface area contributed by atoms with E-state index in [1.54, 1.807) is 28.6 Å². The van der Waals surface area contributed by atoms with Gasteiger partial charge >= 0.3 is 0 Å². The van der Waals surface area contributed by atoms with Crippen LogP contribution in [0.4, 0.5) is 0 Å². The van der Waals surface area contributed by atoms with Gasteiger partial charge < -0.3 is 0 Å². The number of hydrogen-bond donors (Lipinski definition) is 0. The fraction of sp³-hybridized carbons (Fsp3) is 0.750. The first kappa shape index (κ1) is 11.3. The largest absolute Gasteiger partial charge is 0.236 e. The molecule has 0 N–H and O–H groups in total. The third-order valence-electron chi connectivity index (χ3n) is 0.258. The van der Waals surface area contributed by atoms with Crippen LogP contribution in [0.3, 0.4) is 0 Å². The molecule has 0 radical (unpaired) electrons. The van der Waals surface area contributed by atoms with Gasteiger partial charge in [0.05, 0.1) is 5.16 Å². The van der Waals surface area contributed by atoms with Crippen LogP contribution >= 0.6 is 33.8 Å². The van der Waals surface area contributed by atoms with Crippen LogP contribution in [-0.2, 0) is 0 Å². The molecule has 0 unspecified atom stereocenters. The minimum absolute atomic E-state index is 1.59. The van der Waals surface area contributed by atoms with E-state index in [2.05, 4.69) is 34.9 Å². The SMILES string of the molecule is CN=C=S.CSSC. The Bertz CT molecular complexity index is 65.7. The van der Waals surface area contributed by atoms with E-state index in [9.17, 15) is 0 Å². The number of nitrogens with zero attached hydrogens (tertiary/aromatic N) is 1. The highest BCUT2D eigenvalue weighted by Gasteiger charge is 1.55. The highest BCUT2D eigenvalue weighted by Crippen LogP contribution is 2.09. The van der Waals surface area contributed by atoms with Crippen LogP contribution in [0.5, 0.6) is 0 Å². The minimum atomic E-state index is 1.59. The van der Waals surface area contributed by atoms with E-state index in [0.717, 1.165) is 0 Å². The van der Waals surface area contributed by atoms with E-state index in [-0.39, 0.29) is 0 Å². The van der Waals surface area contributed by atoms with Crippen molar-refractivity contribution in [2.75, 3.05) is 19.6 Å². The van der Waals surface area contributed by atoms with Crippen LogP contribution in [0.1, 0.15) is 0 Å².